The van der Waals surface area contributed by atoms with Gasteiger partial charge in [0.25, 0.3) is 0 Å². The van der Waals surface area contributed by atoms with Crippen LogP contribution >= 0.6 is 0 Å². The topological polar surface area (TPSA) is 48.7 Å². The summed E-state index contributed by atoms with van der Waals surface area (Å²) in [5.41, 5.74) is 2.56. The summed E-state index contributed by atoms with van der Waals surface area (Å²) in [7, 11) is 0. The lowest BCUT2D eigenvalue weighted by molar-refractivity contribution is 0.553. The van der Waals surface area contributed by atoms with E-state index >= 15 is 0 Å². The van der Waals surface area contributed by atoms with Gasteiger partial charge in [0.15, 0.2) is 0 Å². The Labute approximate surface area is 118 Å². The summed E-state index contributed by atoms with van der Waals surface area (Å²) in [4.78, 5) is 3.99. The van der Waals surface area contributed by atoms with Crippen LogP contribution < -0.4 is 5.32 Å². The van der Waals surface area contributed by atoms with Crippen LogP contribution in [0.25, 0.3) is 11.1 Å². The fourth-order valence-corrected chi connectivity index (χ4v) is 1.84. The van der Waals surface area contributed by atoms with E-state index in [-0.39, 0.29) is 5.82 Å². The van der Waals surface area contributed by atoms with E-state index in [1.54, 1.807) is 18.3 Å². The third-order valence-corrected chi connectivity index (χ3v) is 2.95. The number of hydrogen-bond acceptors (Lipinski definition) is 3. The summed E-state index contributed by atoms with van der Waals surface area (Å²) in [5.74, 6) is -0.252. The molecule has 2 rings (SSSR count). The lowest BCUT2D eigenvalue weighted by atomic mass is 10.0. The number of nitriles is 1. The van der Waals surface area contributed by atoms with Gasteiger partial charge in [-0.3, -0.25) is 4.98 Å². The van der Waals surface area contributed by atoms with Crippen LogP contribution in [-0.4, -0.2) is 11.0 Å². The summed E-state index contributed by atoms with van der Waals surface area (Å²) in [5, 5.41) is 12.0. The van der Waals surface area contributed by atoms with Gasteiger partial charge in [0.1, 0.15) is 11.9 Å². The van der Waals surface area contributed by atoms with E-state index in [1.807, 2.05) is 26.0 Å². The van der Waals surface area contributed by atoms with Gasteiger partial charge in [0, 0.05) is 36.1 Å². The highest BCUT2D eigenvalue weighted by Crippen LogP contribution is 2.22. The van der Waals surface area contributed by atoms with Crippen LogP contribution in [0.4, 0.5) is 4.39 Å². The molecule has 2 aromatic rings. The van der Waals surface area contributed by atoms with Crippen molar-refractivity contribution in [1.29, 1.82) is 5.26 Å². The number of halogens is 1. The maximum absolute atomic E-state index is 14.0. The summed E-state index contributed by atoms with van der Waals surface area (Å²) >= 11 is 0. The standard InChI is InChI=1S/C16H16FN3/c1-11(2)20-10-14-4-3-13(6-16(14)17)15-5-12(7-18)8-19-9-15/h3-6,8-9,11,20H,10H2,1-2H3. The molecule has 0 saturated heterocycles. The van der Waals surface area contributed by atoms with Crippen molar-refractivity contribution >= 4 is 0 Å². The first kappa shape index (κ1) is 14.2. The molecule has 0 radical (unpaired) electrons. The van der Waals surface area contributed by atoms with Gasteiger partial charge < -0.3 is 5.32 Å². The number of nitrogens with zero attached hydrogens (tertiary/aromatic N) is 2. The molecule has 1 N–H and O–H groups in total. The Balaban J connectivity index is 2.26. The van der Waals surface area contributed by atoms with Crippen LogP contribution in [0.1, 0.15) is 25.0 Å². The molecule has 1 aromatic heterocycles. The van der Waals surface area contributed by atoms with E-state index in [2.05, 4.69) is 10.3 Å². The average molecular weight is 269 g/mol. The molecular formula is C16H16FN3. The number of benzene rings is 1. The van der Waals surface area contributed by atoms with E-state index in [0.29, 0.717) is 23.7 Å². The highest BCUT2D eigenvalue weighted by atomic mass is 19.1. The number of pyridine rings is 1. The predicted molar refractivity (Wildman–Crippen MR) is 76.3 cm³/mol. The van der Waals surface area contributed by atoms with Gasteiger partial charge in [0.05, 0.1) is 5.56 Å². The summed E-state index contributed by atoms with van der Waals surface area (Å²) < 4.78 is 14.0. The molecule has 0 spiro atoms. The second-order valence-corrected chi connectivity index (χ2v) is 4.92. The highest BCUT2D eigenvalue weighted by molar-refractivity contribution is 5.64. The van der Waals surface area contributed by atoms with Crippen molar-refractivity contribution in [3.05, 3.63) is 53.6 Å². The number of hydrogen-bond donors (Lipinski definition) is 1. The van der Waals surface area contributed by atoms with Crippen LogP contribution in [0, 0.1) is 17.1 Å². The fraction of sp³-hybridized carbons (Fsp3) is 0.250. The molecule has 0 unspecified atom stereocenters. The quantitative estimate of drug-likeness (QED) is 0.926. The number of nitrogens with one attached hydrogen (secondary N) is 1. The van der Waals surface area contributed by atoms with E-state index in [4.69, 9.17) is 5.26 Å². The SMILES string of the molecule is CC(C)NCc1ccc(-c2cncc(C#N)c2)cc1F. The molecule has 1 heterocycles. The summed E-state index contributed by atoms with van der Waals surface area (Å²) in [6.45, 7) is 4.54. The van der Waals surface area contributed by atoms with Crippen LogP contribution in [0.5, 0.6) is 0 Å². The smallest absolute Gasteiger partial charge is 0.128 e. The minimum absolute atomic E-state index is 0.252. The van der Waals surface area contributed by atoms with E-state index in [0.717, 1.165) is 11.1 Å². The third kappa shape index (κ3) is 3.40. The molecule has 0 aliphatic carbocycles. The Hall–Kier alpha value is -2.25. The van der Waals surface area contributed by atoms with Crippen LogP contribution in [-0.2, 0) is 6.54 Å². The molecular weight excluding hydrogens is 253 g/mol. The van der Waals surface area contributed by atoms with Gasteiger partial charge in [-0.05, 0) is 17.7 Å². The fourth-order valence-electron chi connectivity index (χ4n) is 1.84. The Morgan fingerprint density at radius 3 is 2.70 bits per heavy atom. The molecule has 1 aromatic carbocycles. The van der Waals surface area contributed by atoms with Gasteiger partial charge in [-0.1, -0.05) is 26.0 Å². The van der Waals surface area contributed by atoms with Gasteiger partial charge in [-0.15, -0.1) is 0 Å². The Morgan fingerprint density at radius 2 is 2.05 bits per heavy atom. The number of aromatic nitrogens is 1. The van der Waals surface area contributed by atoms with E-state index < -0.39 is 0 Å². The van der Waals surface area contributed by atoms with Crippen LogP contribution in [0.15, 0.2) is 36.7 Å². The van der Waals surface area contributed by atoms with Crippen molar-refractivity contribution in [3.8, 4) is 17.2 Å². The average Bonchev–Trinajstić information content (AvgIpc) is 2.46. The zero-order valence-electron chi connectivity index (χ0n) is 11.5. The molecule has 3 nitrogen and oxygen atoms in total. The minimum atomic E-state index is -0.252. The molecule has 20 heavy (non-hydrogen) atoms. The molecule has 4 heteroatoms. The predicted octanol–water partition coefficient (Wildman–Crippen LogP) is 3.26. The first-order valence-corrected chi connectivity index (χ1v) is 6.47. The Bertz CT molecular complexity index is 644. The Kier molecular flexibility index (Phi) is 4.44. The maximum Gasteiger partial charge on any atom is 0.128 e. The molecule has 0 aliphatic heterocycles. The van der Waals surface area contributed by atoms with Gasteiger partial charge in [-0.25, -0.2) is 4.39 Å². The normalized spacial score (nSPS) is 10.6. The molecule has 0 amide bonds. The monoisotopic (exact) mass is 269 g/mol. The summed E-state index contributed by atoms with van der Waals surface area (Å²) in [6, 6.07) is 9.13. The lowest BCUT2D eigenvalue weighted by Gasteiger charge is -2.10. The zero-order valence-corrected chi connectivity index (χ0v) is 11.5. The largest absolute Gasteiger partial charge is 0.310 e. The van der Waals surface area contributed by atoms with Crippen molar-refractivity contribution in [3.63, 3.8) is 0 Å². The second-order valence-electron chi connectivity index (χ2n) is 4.92. The maximum atomic E-state index is 14.0. The molecule has 102 valence electrons. The van der Waals surface area contributed by atoms with Gasteiger partial charge >= 0.3 is 0 Å². The highest BCUT2D eigenvalue weighted by Gasteiger charge is 2.06. The van der Waals surface area contributed by atoms with E-state index in [9.17, 15) is 4.39 Å². The molecule has 0 aliphatic rings. The first-order valence-electron chi connectivity index (χ1n) is 6.47. The van der Waals surface area contributed by atoms with E-state index in [1.165, 1.54) is 12.3 Å². The zero-order chi connectivity index (χ0) is 14.5. The molecule has 0 saturated carbocycles. The third-order valence-electron chi connectivity index (χ3n) is 2.95. The summed E-state index contributed by atoms with van der Waals surface area (Å²) in [6.07, 6.45) is 3.11. The number of rotatable bonds is 4. The molecule has 0 fully saturated rings. The molecule has 0 atom stereocenters. The molecule has 0 bridgehead atoms. The van der Waals surface area contributed by atoms with Gasteiger partial charge in [0.2, 0.25) is 0 Å². The Morgan fingerprint density at radius 1 is 1.25 bits per heavy atom. The minimum Gasteiger partial charge on any atom is -0.310 e. The second kappa shape index (κ2) is 6.27. The van der Waals surface area contributed by atoms with Crippen molar-refractivity contribution in [2.45, 2.75) is 26.4 Å². The van der Waals surface area contributed by atoms with Crippen LogP contribution in [0.2, 0.25) is 0 Å². The lowest BCUT2D eigenvalue weighted by Crippen LogP contribution is -2.22. The van der Waals surface area contributed by atoms with Gasteiger partial charge in [-0.2, -0.15) is 5.26 Å². The van der Waals surface area contributed by atoms with Crippen molar-refractivity contribution < 1.29 is 4.39 Å². The first-order chi connectivity index (χ1) is 9.60. The van der Waals surface area contributed by atoms with Crippen molar-refractivity contribution in [1.82, 2.24) is 10.3 Å². The van der Waals surface area contributed by atoms with Crippen LogP contribution in [0.3, 0.4) is 0 Å². The van der Waals surface area contributed by atoms with Crippen molar-refractivity contribution in [2.75, 3.05) is 0 Å². The van der Waals surface area contributed by atoms with Crippen molar-refractivity contribution in [2.24, 2.45) is 0 Å².